The van der Waals surface area contributed by atoms with Gasteiger partial charge < -0.3 is 10.1 Å². The van der Waals surface area contributed by atoms with Gasteiger partial charge in [-0.3, -0.25) is 9.10 Å². The van der Waals surface area contributed by atoms with Crippen molar-refractivity contribution < 1.29 is 31.1 Å². The van der Waals surface area contributed by atoms with Gasteiger partial charge in [-0.2, -0.15) is 18.4 Å². The van der Waals surface area contributed by atoms with Gasteiger partial charge in [0.2, 0.25) is 10.7 Å². The Kier molecular flexibility index (Phi) is 3.97. The van der Waals surface area contributed by atoms with E-state index in [1.165, 1.54) is 13.1 Å². The van der Waals surface area contributed by atoms with Crippen molar-refractivity contribution in [1.82, 2.24) is 5.32 Å². The molecule has 4 atom stereocenters. The van der Waals surface area contributed by atoms with E-state index in [1.54, 1.807) is 0 Å². The molecule has 28 heavy (non-hydrogen) atoms. The lowest BCUT2D eigenvalue weighted by Gasteiger charge is -2.32. The van der Waals surface area contributed by atoms with Crippen LogP contribution in [0.4, 0.5) is 18.9 Å². The number of rotatable bonds is 2. The number of sulfonamides is 1. The zero-order valence-corrected chi connectivity index (χ0v) is 15.5. The molecule has 4 rings (SSSR count). The molecule has 1 aromatic rings. The van der Waals surface area contributed by atoms with Crippen molar-refractivity contribution in [2.24, 2.45) is 5.92 Å². The van der Waals surface area contributed by atoms with Gasteiger partial charge in [-0.1, -0.05) is 0 Å². The molecule has 1 aromatic carbocycles. The van der Waals surface area contributed by atoms with Gasteiger partial charge in [-0.05, 0) is 31.0 Å². The number of carbonyl (C=O) groups excluding carboxylic acids is 1. The number of ether oxygens (including phenoxy) is 1. The lowest BCUT2D eigenvalue weighted by molar-refractivity contribution is -0.137. The molecule has 1 N–H and O–H groups in total. The molecule has 0 spiro atoms. The molecule has 3 aliphatic rings. The van der Waals surface area contributed by atoms with Crippen molar-refractivity contribution in [2.45, 2.75) is 36.0 Å². The molecule has 0 aliphatic carbocycles. The van der Waals surface area contributed by atoms with Gasteiger partial charge in [0, 0.05) is 19.5 Å². The Bertz CT molecular complexity index is 1000. The Morgan fingerprint density at radius 3 is 2.71 bits per heavy atom. The summed E-state index contributed by atoms with van der Waals surface area (Å²) in [5.41, 5.74) is -2.03. The third-order valence-electron chi connectivity index (χ3n) is 5.91. The maximum Gasteiger partial charge on any atom is 0.417 e. The molecule has 3 saturated heterocycles. The highest BCUT2D eigenvalue weighted by Gasteiger charge is 2.76. The second-order valence-corrected chi connectivity index (χ2v) is 9.16. The van der Waals surface area contributed by atoms with Crippen LogP contribution in [0.15, 0.2) is 18.2 Å². The molecule has 3 aliphatic heterocycles. The van der Waals surface area contributed by atoms with Crippen molar-refractivity contribution in [1.29, 1.82) is 5.26 Å². The molecule has 1 amide bonds. The van der Waals surface area contributed by atoms with Crippen LogP contribution in [-0.2, 0) is 25.7 Å². The van der Waals surface area contributed by atoms with Crippen LogP contribution >= 0.6 is 0 Å². The summed E-state index contributed by atoms with van der Waals surface area (Å²) >= 11 is 0. The van der Waals surface area contributed by atoms with Gasteiger partial charge in [-0.25, -0.2) is 8.42 Å². The van der Waals surface area contributed by atoms with Crippen molar-refractivity contribution >= 4 is 21.6 Å². The summed E-state index contributed by atoms with van der Waals surface area (Å²) < 4.78 is 71.5. The molecule has 0 saturated carbocycles. The van der Waals surface area contributed by atoms with E-state index >= 15 is 0 Å². The molecule has 3 heterocycles. The van der Waals surface area contributed by atoms with Crippen LogP contribution < -0.4 is 9.62 Å². The van der Waals surface area contributed by atoms with Gasteiger partial charge in [0.25, 0.3) is 10.0 Å². The van der Waals surface area contributed by atoms with Crippen molar-refractivity contribution in [3.05, 3.63) is 29.3 Å². The number of hydrogen-bond donors (Lipinski definition) is 1. The third-order valence-corrected chi connectivity index (χ3v) is 8.45. The number of hydrogen-bond acceptors (Lipinski definition) is 5. The normalized spacial score (nSPS) is 32.8. The summed E-state index contributed by atoms with van der Waals surface area (Å²) in [4.78, 5) is 12.7. The number of alkyl halides is 3. The summed E-state index contributed by atoms with van der Waals surface area (Å²) in [6, 6.07) is 4.22. The highest BCUT2D eigenvalue weighted by molar-refractivity contribution is 7.95. The first-order chi connectivity index (χ1) is 13.1. The number of halogens is 3. The quantitative estimate of drug-likeness (QED) is 0.787. The van der Waals surface area contributed by atoms with E-state index in [9.17, 15) is 26.4 Å². The van der Waals surface area contributed by atoms with Crippen LogP contribution in [0, 0.1) is 17.2 Å². The molecule has 0 aromatic heterocycles. The van der Waals surface area contributed by atoms with Crippen LogP contribution in [0.1, 0.15) is 24.0 Å². The number of benzene rings is 1. The molecule has 3 fully saturated rings. The number of amides is 1. The fourth-order valence-corrected chi connectivity index (χ4v) is 7.31. The predicted molar refractivity (Wildman–Crippen MR) is 90.6 cm³/mol. The topological polar surface area (TPSA) is 99.5 Å². The molecule has 2 bridgehead atoms. The fourth-order valence-electron chi connectivity index (χ4n) is 4.75. The molecule has 0 unspecified atom stereocenters. The Hall–Kier alpha value is -2.32. The average Bonchev–Trinajstić information content (AvgIpc) is 3.30. The van der Waals surface area contributed by atoms with E-state index in [2.05, 4.69) is 5.32 Å². The van der Waals surface area contributed by atoms with Crippen LogP contribution in [0.25, 0.3) is 0 Å². The van der Waals surface area contributed by atoms with Crippen LogP contribution in [0.3, 0.4) is 0 Å². The Morgan fingerprint density at radius 2 is 2.11 bits per heavy atom. The molecular weight excluding hydrogens is 399 g/mol. The van der Waals surface area contributed by atoms with E-state index in [4.69, 9.17) is 10.00 Å². The van der Waals surface area contributed by atoms with Crippen molar-refractivity contribution in [3.8, 4) is 6.07 Å². The number of carbonyl (C=O) groups is 1. The summed E-state index contributed by atoms with van der Waals surface area (Å²) in [5.74, 6) is -1.39. The number of fused-ring (bicyclic) bond motifs is 5. The molecule has 7 nitrogen and oxygen atoms in total. The molecular formula is C17H16F3N3O4S. The van der Waals surface area contributed by atoms with Gasteiger partial charge >= 0.3 is 6.18 Å². The van der Waals surface area contributed by atoms with Crippen LogP contribution in [0.5, 0.6) is 0 Å². The summed E-state index contributed by atoms with van der Waals surface area (Å²) in [5, 5.41) is 11.3. The SMILES string of the molecule is CNC(=O)[C@@]12[C@H]3CC[C@H](O3)[C@@H]1CN(c1ccc(C#N)c(C(F)(F)F)c1)S2(=O)=O. The maximum absolute atomic E-state index is 13.4. The molecule has 11 heteroatoms. The summed E-state index contributed by atoms with van der Waals surface area (Å²) in [6.45, 7) is -0.153. The van der Waals surface area contributed by atoms with E-state index in [0.29, 0.717) is 18.9 Å². The number of nitrogens with zero attached hydrogens (tertiary/aromatic N) is 2. The first kappa shape index (κ1) is 19.0. The minimum Gasteiger partial charge on any atom is -0.372 e. The van der Waals surface area contributed by atoms with E-state index in [0.717, 1.165) is 16.4 Å². The van der Waals surface area contributed by atoms with Gasteiger partial charge in [0.1, 0.15) is 0 Å². The molecule has 0 radical (unpaired) electrons. The van der Waals surface area contributed by atoms with Crippen LogP contribution in [-0.4, -0.2) is 44.9 Å². The Morgan fingerprint density at radius 1 is 1.39 bits per heavy atom. The van der Waals surface area contributed by atoms with Crippen molar-refractivity contribution in [3.63, 3.8) is 0 Å². The van der Waals surface area contributed by atoms with Crippen LogP contribution in [0.2, 0.25) is 0 Å². The first-order valence-electron chi connectivity index (χ1n) is 8.60. The lowest BCUT2D eigenvalue weighted by Crippen LogP contribution is -2.60. The standard InChI is InChI=1S/C17H16F3N3O4S/c1-22-15(24)16-12(13-4-5-14(16)27-13)8-23(28(16,25)26)10-3-2-9(7-21)11(6-10)17(18,19)20/h2-3,6,12-14H,4-5,8H2,1H3,(H,22,24)/t12-,13-,14+,16-/m0/s1. The Balaban J connectivity index is 1.86. The number of nitriles is 1. The van der Waals surface area contributed by atoms with Gasteiger partial charge in [-0.15, -0.1) is 0 Å². The zero-order valence-electron chi connectivity index (χ0n) is 14.7. The second-order valence-electron chi connectivity index (χ2n) is 7.09. The van der Waals surface area contributed by atoms with Gasteiger partial charge in [0.15, 0.2) is 0 Å². The third kappa shape index (κ3) is 2.18. The zero-order chi connectivity index (χ0) is 20.5. The minimum atomic E-state index is -4.82. The summed E-state index contributed by atoms with van der Waals surface area (Å²) in [6.07, 6.45) is -5.11. The van der Waals surface area contributed by atoms with E-state index in [-0.39, 0.29) is 12.2 Å². The van der Waals surface area contributed by atoms with E-state index in [1.807, 2.05) is 0 Å². The minimum absolute atomic E-state index is 0.153. The van der Waals surface area contributed by atoms with Crippen molar-refractivity contribution in [2.75, 3.05) is 17.9 Å². The monoisotopic (exact) mass is 415 g/mol. The second kappa shape index (κ2) is 5.84. The largest absolute Gasteiger partial charge is 0.417 e. The first-order valence-corrected chi connectivity index (χ1v) is 10.0. The van der Waals surface area contributed by atoms with Gasteiger partial charge in [0.05, 0.1) is 35.1 Å². The van der Waals surface area contributed by atoms with E-state index < -0.39 is 56.1 Å². The smallest absolute Gasteiger partial charge is 0.372 e. The summed E-state index contributed by atoms with van der Waals surface area (Å²) in [7, 11) is -3.04. The lowest BCUT2D eigenvalue weighted by atomic mass is 9.78. The maximum atomic E-state index is 13.4. The average molecular weight is 415 g/mol. The number of nitrogens with one attached hydrogen (secondary N) is 1. The predicted octanol–water partition coefficient (Wildman–Crippen LogP) is 1.39. The molecule has 150 valence electrons. The Labute approximate surface area is 159 Å². The highest BCUT2D eigenvalue weighted by atomic mass is 32.2. The fraction of sp³-hybridized carbons (Fsp3) is 0.529. The number of anilines is 1. The highest BCUT2D eigenvalue weighted by Crippen LogP contribution is 2.56.